The number of aryl methyl sites for hydroxylation is 1. The summed E-state index contributed by atoms with van der Waals surface area (Å²) in [7, 11) is 0. The topological polar surface area (TPSA) is 3.88 Å². The Morgan fingerprint density at radius 3 is 2.10 bits per heavy atom. The second kappa shape index (κ2) is 7.52. The molecule has 29 heavy (non-hydrogen) atoms. The molecule has 4 aromatic rings. The zero-order valence-electron chi connectivity index (χ0n) is 16.5. The average molecular weight is 375 g/mol. The molecule has 3 aromatic carbocycles. The Morgan fingerprint density at radius 2 is 1.38 bits per heavy atom. The third-order valence-corrected chi connectivity index (χ3v) is 5.84. The van der Waals surface area contributed by atoms with Gasteiger partial charge in [0.05, 0.1) is 0 Å². The second-order valence-corrected chi connectivity index (χ2v) is 7.56. The zero-order chi connectivity index (χ0) is 19.6. The summed E-state index contributed by atoms with van der Waals surface area (Å²) in [6.45, 7) is 4.84. The highest BCUT2D eigenvalue weighted by Gasteiger charge is 2.31. The predicted molar refractivity (Wildman–Crippen MR) is 121 cm³/mol. The van der Waals surface area contributed by atoms with Crippen molar-refractivity contribution in [1.82, 2.24) is 0 Å². The number of benzene rings is 3. The second-order valence-electron chi connectivity index (χ2n) is 7.56. The fourth-order valence-electron chi connectivity index (χ4n) is 4.54. The summed E-state index contributed by atoms with van der Waals surface area (Å²) < 4.78 is 2.45. The smallest absolute Gasteiger partial charge is 0.187 e. The van der Waals surface area contributed by atoms with Crippen LogP contribution in [-0.2, 0) is 19.4 Å². The van der Waals surface area contributed by atoms with E-state index in [2.05, 4.69) is 102 Å². The quantitative estimate of drug-likeness (QED) is 0.293. The molecule has 0 aliphatic heterocycles. The highest BCUT2D eigenvalue weighted by Crippen LogP contribution is 2.39. The van der Waals surface area contributed by atoms with Gasteiger partial charge in [-0.3, -0.25) is 0 Å². The van der Waals surface area contributed by atoms with E-state index in [1.54, 1.807) is 0 Å². The van der Waals surface area contributed by atoms with Gasteiger partial charge in [0, 0.05) is 22.8 Å². The third-order valence-electron chi connectivity index (χ3n) is 5.84. The van der Waals surface area contributed by atoms with E-state index in [9.17, 15) is 0 Å². The van der Waals surface area contributed by atoms with Crippen molar-refractivity contribution in [3.05, 3.63) is 115 Å². The van der Waals surface area contributed by atoms with Crippen molar-refractivity contribution in [3.63, 3.8) is 0 Å². The molecule has 0 saturated carbocycles. The van der Waals surface area contributed by atoms with Crippen LogP contribution in [0.15, 0.2) is 104 Å². The van der Waals surface area contributed by atoms with Gasteiger partial charge in [0.15, 0.2) is 6.54 Å². The van der Waals surface area contributed by atoms with Gasteiger partial charge in [0.25, 0.3) is 0 Å². The Labute approximate surface area is 172 Å². The molecule has 0 N–H and O–H groups in total. The van der Waals surface area contributed by atoms with E-state index in [1.165, 1.54) is 44.8 Å². The largest absolute Gasteiger partial charge is 0.217 e. The number of pyridine rings is 1. The summed E-state index contributed by atoms with van der Waals surface area (Å²) >= 11 is 0. The summed E-state index contributed by atoms with van der Waals surface area (Å²) in [5, 5.41) is 0. The number of aromatic nitrogens is 1. The molecule has 0 spiro atoms. The van der Waals surface area contributed by atoms with Crippen LogP contribution >= 0.6 is 0 Å². The molecule has 0 amide bonds. The first-order valence-electron chi connectivity index (χ1n) is 10.3. The molecular weight excluding hydrogens is 350 g/mol. The average Bonchev–Trinajstić information content (AvgIpc) is 2.80. The molecular formula is C28H24N+. The molecule has 1 heterocycles. The zero-order valence-corrected chi connectivity index (χ0v) is 16.5. The van der Waals surface area contributed by atoms with Gasteiger partial charge in [-0.1, -0.05) is 73.3 Å². The third kappa shape index (κ3) is 3.09. The standard InChI is InChI=1S/C28H24N/c1-2-19-29-27(23-14-7-4-8-15-23)20-26(21-11-5-3-6-12-21)25-18-17-22-13-9-10-16-24(22)28(25)29/h2-16,20H,1,17-19H2/q+1. The maximum absolute atomic E-state index is 4.06. The molecule has 1 nitrogen and oxygen atoms in total. The summed E-state index contributed by atoms with van der Waals surface area (Å²) in [5.74, 6) is 0. The van der Waals surface area contributed by atoms with Gasteiger partial charge >= 0.3 is 0 Å². The van der Waals surface area contributed by atoms with E-state index in [0.717, 1.165) is 19.4 Å². The van der Waals surface area contributed by atoms with E-state index in [0.29, 0.717) is 0 Å². The normalized spacial score (nSPS) is 12.1. The van der Waals surface area contributed by atoms with Crippen molar-refractivity contribution >= 4 is 0 Å². The van der Waals surface area contributed by atoms with Crippen molar-refractivity contribution in [1.29, 1.82) is 0 Å². The SMILES string of the molecule is C=CC[n+]1c(-c2ccccc2)cc(-c2ccccc2)c2c1-c1ccccc1CC2. The summed E-state index contributed by atoms with van der Waals surface area (Å²) in [4.78, 5) is 0. The molecule has 5 rings (SSSR count). The summed E-state index contributed by atoms with van der Waals surface area (Å²) in [6.07, 6.45) is 4.15. The van der Waals surface area contributed by atoms with E-state index < -0.39 is 0 Å². The van der Waals surface area contributed by atoms with Gasteiger partial charge in [-0.15, -0.1) is 0 Å². The van der Waals surface area contributed by atoms with Crippen LogP contribution < -0.4 is 4.57 Å². The van der Waals surface area contributed by atoms with Crippen molar-refractivity contribution in [2.45, 2.75) is 19.4 Å². The van der Waals surface area contributed by atoms with Gasteiger partial charge in [-0.25, -0.2) is 0 Å². The molecule has 1 aromatic heterocycles. The molecule has 140 valence electrons. The van der Waals surface area contributed by atoms with E-state index >= 15 is 0 Å². The number of fused-ring (bicyclic) bond motifs is 3. The van der Waals surface area contributed by atoms with Crippen LogP contribution in [0.1, 0.15) is 11.1 Å². The molecule has 0 fully saturated rings. The van der Waals surface area contributed by atoms with Gasteiger partial charge in [-0.2, -0.15) is 4.57 Å². The lowest BCUT2D eigenvalue weighted by Crippen LogP contribution is -2.40. The maximum atomic E-state index is 4.06. The Hall–Kier alpha value is -3.45. The van der Waals surface area contributed by atoms with E-state index in [1.807, 2.05) is 6.08 Å². The van der Waals surface area contributed by atoms with Gasteiger partial charge < -0.3 is 0 Å². The molecule has 0 bridgehead atoms. The molecule has 1 heteroatoms. The predicted octanol–water partition coefficient (Wildman–Crippen LogP) is 6.26. The van der Waals surface area contributed by atoms with Crippen molar-refractivity contribution in [2.75, 3.05) is 0 Å². The van der Waals surface area contributed by atoms with Crippen LogP contribution in [0.5, 0.6) is 0 Å². The highest BCUT2D eigenvalue weighted by molar-refractivity contribution is 5.80. The van der Waals surface area contributed by atoms with Crippen molar-refractivity contribution in [2.24, 2.45) is 0 Å². The van der Waals surface area contributed by atoms with Gasteiger partial charge in [-0.05, 0) is 53.8 Å². The Balaban J connectivity index is 1.89. The Morgan fingerprint density at radius 1 is 0.724 bits per heavy atom. The first-order chi connectivity index (χ1) is 14.4. The minimum atomic E-state index is 0.788. The summed E-state index contributed by atoms with van der Waals surface area (Å²) in [6, 6.07) is 32.7. The van der Waals surface area contributed by atoms with Crippen LogP contribution in [0.25, 0.3) is 33.6 Å². The lowest BCUT2D eigenvalue weighted by Gasteiger charge is -2.22. The molecule has 1 aliphatic rings. The van der Waals surface area contributed by atoms with Crippen LogP contribution in [0.4, 0.5) is 0 Å². The lowest BCUT2D eigenvalue weighted by atomic mass is 9.83. The minimum Gasteiger partial charge on any atom is -0.187 e. The Bertz CT molecular complexity index is 1170. The van der Waals surface area contributed by atoms with Gasteiger partial charge in [0.2, 0.25) is 11.4 Å². The fraction of sp³-hybridized carbons (Fsp3) is 0.107. The van der Waals surface area contributed by atoms with Gasteiger partial charge in [0.1, 0.15) is 0 Å². The lowest BCUT2D eigenvalue weighted by molar-refractivity contribution is -0.665. The number of hydrogen-bond donors (Lipinski definition) is 0. The van der Waals surface area contributed by atoms with E-state index in [-0.39, 0.29) is 0 Å². The minimum absolute atomic E-state index is 0.788. The fourth-order valence-corrected chi connectivity index (χ4v) is 4.54. The molecule has 0 saturated heterocycles. The summed E-state index contributed by atoms with van der Waals surface area (Å²) in [5.41, 5.74) is 10.7. The first-order valence-corrected chi connectivity index (χ1v) is 10.3. The molecule has 0 radical (unpaired) electrons. The number of allylic oxidation sites excluding steroid dienone is 1. The van der Waals surface area contributed by atoms with Crippen molar-refractivity contribution < 1.29 is 4.57 Å². The highest BCUT2D eigenvalue weighted by atomic mass is 15.0. The maximum Gasteiger partial charge on any atom is 0.217 e. The van der Waals surface area contributed by atoms with Crippen LogP contribution in [0.2, 0.25) is 0 Å². The van der Waals surface area contributed by atoms with Crippen molar-refractivity contribution in [3.8, 4) is 33.6 Å². The Kier molecular flexibility index (Phi) is 4.57. The number of hydrogen-bond acceptors (Lipinski definition) is 0. The van der Waals surface area contributed by atoms with E-state index in [4.69, 9.17) is 0 Å². The number of rotatable bonds is 4. The number of nitrogens with zero attached hydrogens (tertiary/aromatic N) is 1. The first kappa shape index (κ1) is 17.6. The van der Waals surface area contributed by atoms with Crippen LogP contribution in [0, 0.1) is 0 Å². The molecule has 1 aliphatic carbocycles. The van der Waals surface area contributed by atoms with Crippen LogP contribution in [-0.4, -0.2) is 0 Å². The van der Waals surface area contributed by atoms with Crippen LogP contribution in [0.3, 0.4) is 0 Å². The molecule has 0 unspecified atom stereocenters. The molecule has 0 atom stereocenters. The monoisotopic (exact) mass is 374 g/mol.